The summed E-state index contributed by atoms with van der Waals surface area (Å²) in [6.45, 7) is 4.50. The van der Waals surface area contributed by atoms with E-state index in [1.165, 1.54) is 11.0 Å². The number of hydrogen-bond acceptors (Lipinski definition) is 2. The number of carbonyl (C=O) groups excluding carboxylic acids is 1. The molecule has 2 atom stereocenters. The summed E-state index contributed by atoms with van der Waals surface area (Å²) in [5.74, 6) is 1.88. The Morgan fingerprint density at radius 2 is 2.47 bits per heavy atom. The lowest BCUT2D eigenvalue weighted by molar-refractivity contribution is 0.0150. The molecule has 0 aromatic carbocycles. The second-order valence-electron chi connectivity index (χ2n) is 4.73. The van der Waals surface area contributed by atoms with Crippen LogP contribution >= 0.6 is 0 Å². The van der Waals surface area contributed by atoms with Crippen molar-refractivity contribution in [2.45, 2.75) is 31.9 Å². The molecule has 0 bridgehead atoms. The highest BCUT2D eigenvalue weighted by Gasteiger charge is 2.44. The summed E-state index contributed by atoms with van der Waals surface area (Å²) in [5, 5.41) is 2.73. The summed E-state index contributed by atoms with van der Waals surface area (Å²) in [6, 6.07) is -0.665. The van der Waals surface area contributed by atoms with Crippen LogP contribution in [0.5, 0.6) is 0 Å². The standard InChI is InChI=1S/C14H17FN2O2/c1-4-14(19-5-2)7-11(6-12(14)15)17-9-10(3)8-16-13(17)18/h1,6,9,11H,5,7-8H2,2-3H3,(H,16,18)/t11-,14-/m1/s1. The summed E-state index contributed by atoms with van der Waals surface area (Å²) in [5.41, 5.74) is -0.332. The van der Waals surface area contributed by atoms with Crippen molar-refractivity contribution in [1.29, 1.82) is 0 Å². The number of halogens is 1. The third kappa shape index (κ3) is 2.36. The van der Waals surface area contributed by atoms with Crippen LogP contribution in [0.2, 0.25) is 0 Å². The monoisotopic (exact) mass is 264 g/mol. The smallest absolute Gasteiger partial charge is 0.322 e. The normalized spacial score (nSPS) is 30.5. The van der Waals surface area contributed by atoms with Gasteiger partial charge in [0.2, 0.25) is 0 Å². The van der Waals surface area contributed by atoms with E-state index in [1.54, 1.807) is 13.1 Å². The molecule has 1 aliphatic heterocycles. The first-order valence-corrected chi connectivity index (χ1v) is 6.25. The van der Waals surface area contributed by atoms with Crippen LogP contribution in [-0.4, -0.2) is 35.7 Å². The topological polar surface area (TPSA) is 41.6 Å². The molecule has 102 valence electrons. The molecule has 0 radical (unpaired) electrons. The first-order valence-electron chi connectivity index (χ1n) is 6.25. The van der Waals surface area contributed by atoms with E-state index in [0.717, 1.165) is 5.57 Å². The predicted octanol–water partition coefficient (Wildman–Crippen LogP) is 1.95. The third-order valence-corrected chi connectivity index (χ3v) is 3.31. The van der Waals surface area contributed by atoms with E-state index in [1.807, 2.05) is 6.92 Å². The summed E-state index contributed by atoms with van der Waals surface area (Å²) in [7, 11) is 0. The number of amides is 2. The van der Waals surface area contributed by atoms with Crippen LogP contribution in [0.3, 0.4) is 0 Å². The van der Waals surface area contributed by atoms with Crippen molar-refractivity contribution in [3.8, 4) is 12.3 Å². The summed E-state index contributed by atoms with van der Waals surface area (Å²) < 4.78 is 19.5. The number of urea groups is 1. The minimum Gasteiger partial charge on any atom is -0.356 e. The molecule has 19 heavy (non-hydrogen) atoms. The molecule has 2 amide bonds. The van der Waals surface area contributed by atoms with Crippen molar-refractivity contribution in [3.63, 3.8) is 0 Å². The van der Waals surface area contributed by atoms with Gasteiger partial charge in [-0.2, -0.15) is 0 Å². The Kier molecular flexibility index (Phi) is 3.63. The Hall–Kier alpha value is -1.80. The zero-order chi connectivity index (χ0) is 14.0. The molecule has 1 heterocycles. The van der Waals surface area contributed by atoms with Gasteiger partial charge in [-0.05, 0) is 25.5 Å². The van der Waals surface area contributed by atoms with Crippen molar-refractivity contribution in [3.05, 3.63) is 23.7 Å². The number of hydrogen-bond donors (Lipinski definition) is 1. The Labute approximate surface area is 112 Å². The number of nitrogens with zero attached hydrogens (tertiary/aromatic N) is 1. The van der Waals surface area contributed by atoms with Crippen molar-refractivity contribution < 1.29 is 13.9 Å². The maximum Gasteiger partial charge on any atom is 0.322 e. The molecule has 0 saturated carbocycles. The minimum atomic E-state index is -1.33. The van der Waals surface area contributed by atoms with Crippen LogP contribution in [-0.2, 0) is 4.74 Å². The van der Waals surface area contributed by atoms with Gasteiger partial charge in [-0.15, -0.1) is 6.42 Å². The maximum absolute atomic E-state index is 14.1. The predicted molar refractivity (Wildman–Crippen MR) is 69.8 cm³/mol. The van der Waals surface area contributed by atoms with E-state index in [-0.39, 0.29) is 12.5 Å². The Bertz CT molecular complexity index is 492. The molecule has 0 saturated heterocycles. The van der Waals surface area contributed by atoms with Gasteiger partial charge < -0.3 is 10.1 Å². The van der Waals surface area contributed by atoms with Crippen LogP contribution in [0.15, 0.2) is 23.7 Å². The second-order valence-corrected chi connectivity index (χ2v) is 4.73. The van der Waals surface area contributed by atoms with Crippen LogP contribution < -0.4 is 5.32 Å². The number of terminal acetylenes is 1. The lowest BCUT2D eigenvalue weighted by atomic mass is 10.0. The van der Waals surface area contributed by atoms with Gasteiger partial charge in [-0.3, -0.25) is 4.90 Å². The fraction of sp³-hybridized carbons (Fsp3) is 0.500. The summed E-state index contributed by atoms with van der Waals surface area (Å²) in [4.78, 5) is 13.3. The lowest BCUT2D eigenvalue weighted by Gasteiger charge is -2.31. The highest BCUT2D eigenvalue weighted by molar-refractivity contribution is 5.77. The zero-order valence-electron chi connectivity index (χ0n) is 11.1. The van der Waals surface area contributed by atoms with Crippen molar-refractivity contribution in [2.24, 2.45) is 0 Å². The molecule has 0 aromatic rings. The van der Waals surface area contributed by atoms with E-state index in [0.29, 0.717) is 13.2 Å². The van der Waals surface area contributed by atoms with Gasteiger partial charge >= 0.3 is 6.03 Å². The fourth-order valence-corrected chi connectivity index (χ4v) is 2.37. The Morgan fingerprint density at radius 1 is 1.74 bits per heavy atom. The molecule has 0 aromatic heterocycles. The molecular formula is C14H17FN2O2. The summed E-state index contributed by atoms with van der Waals surface area (Å²) in [6.07, 6.45) is 8.74. The van der Waals surface area contributed by atoms with Gasteiger partial charge in [0.05, 0.1) is 6.04 Å². The average molecular weight is 264 g/mol. The third-order valence-electron chi connectivity index (χ3n) is 3.31. The molecule has 0 spiro atoms. The van der Waals surface area contributed by atoms with E-state index < -0.39 is 17.5 Å². The van der Waals surface area contributed by atoms with Gasteiger partial charge in [0.25, 0.3) is 0 Å². The van der Waals surface area contributed by atoms with E-state index in [2.05, 4.69) is 11.2 Å². The van der Waals surface area contributed by atoms with Crippen molar-refractivity contribution in [1.82, 2.24) is 10.2 Å². The molecule has 2 aliphatic rings. The molecule has 2 rings (SSSR count). The number of ether oxygens (including phenoxy) is 1. The molecule has 1 N–H and O–H groups in total. The van der Waals surface area contributed by atoms with Gasteiger partial charge in [0.15, 0.2) is 5.60 Å². The van der Waals surface area contributed by atoms with E-state index in [9.17, 15) is 9.18 Å². The van der Waals surface area contributed by atoms with Crippen molar-refractivity contribution >= 4 is 6.03 Å². The molecular weight excluding hydrogens is 247 g/mol. The van der Waals surface area contributed by atoms with Crippen LogP contribution in [0.25, 0.3) is 0 Å². The number of carbonyl (C=O) groups is 1. The second kappa shape index (κ2) is 5.06. The van der Waals surface area contributed by atoms with Gasteiger partial charge in [-0.1, -0.05) is 5.92 Å². The molecule has 1 aliphatic carbocycles. The fourth-order valence-electron chi connectivity index (χ4n) is 2.37. The molecule has 0 fully saturated rings. The lowest BCUT2D eigenvalue weighted by Crippen LogP contribution is -2.47. The van der Waals surface area contributed by atoms with Crippen LogP contribution in [0.4, 0.5) is 9.18 Å². The highest BCUT2D eigenvalue weighted by Crippen LogP contribution is 2.37. The minimum absolute atomic E-state index is 0.236. The van der Waals surface area contributed by atoms with Crippen LogP contribution in [0, 0.1) is 12.3 Å². The Balaban J connectivity index is 2.24. The van der Waals surface area contributed by atoms with Gasteiger partial charge in [0.1, 0.15) is 5.83 Å². The first kappa shape index (κ1) is 13.6. The van der Waals surface area contributed by atoms with Crippen molar-refractivity contribution in [2.75, 3.05) is 13.2 Å². The molecule has 0 unspecified atom stereocenters. The summed E-state index contributed by atoms with van der Waals surface area (Å²) >= 11 is 0. The number of rotatable bonds is 3. The van der Waals surface area contributed by atoms with E-state index >= 15 is 0 Å². The largest absolute Gasteiger partial charge is 0.356 e. The van der Waals surface area contributed by atoms with Gasteiger partial charge in [-0.25, -0.2) is 9.18 Å². The maximum atomic E-state index is 14.1. The van der Waals surface area contributed by atoms with Crippen LogP contribution in [0.1, 0.15) is 20.3 Å². The SMILES string of the molecule is C#C[C@@]1(OCC)C[C@H](N2C=C(C)CNC2=O)C=C1F. The number of nitrogens with one attached hydrogen (secondary N) is 1. The Morgan fingerprint density at radius 3 is 3.11 bits per heavy atom. The first-order chi connectivity index (χ1) is 9.02. The molecule has 5 heteroatoms. The van der Waals surface area contributed by atoms with E-state index in [4.69, 9.17) is 11.2 Å². The molecule has 4 nitrogen and oxygen atoms in total. The average Bonchev–Trinajstić information content (AvgIpc) is 2.71. The van der Waals surface area contributed by atoms with Gasteiger partial charge in [0, 0.05) is 25.8 Å². The highest BCUT2D eigenvalue weighted by atomic mass is 19.1. The zero-order valence-corrected chi connectivity index (χ0v) is 11.1. The quantitative estimate of drug-likeness (QED) is 0.792.